The third kappa shape index (κ3) is 2.71. The standard InChI is InChI=1S/C12H25N3O2S/c1-10-5-8-14(9-6-10)18(16,17)15-7-3-4-11(2)12(15)13/h10-12H,3-9,13H2,1-2H3. The van der Waals surface area contributed by atoms with Gasteiger partial charge in [0.25, 0.3) is 10.2 Å². The van der Waals surface area contributed by atoms with E-state index < -0.39 is 10.2 Å². The van der Waals surface area contributed by atoms with Crippen molar-refractivity contribution in [2.75, 3.05) is 19.6 Å². The normalized spacial score (nSPS) is 33.7. The Morgan fingerprint density at radius 3 is 2.28 bits per heavy atom. The Kier molecular flexibility index (Phi) is 4.31. The van der Waals surface area contributed by atoms with Gasteiger partial charge in [-0.3, -0.25) is 0 Å². The minimum Gasteiger partial charge on any atom is -0.315 e. The third-order valence-corrected chi connectivity index (χ3v) is 6.36. The van der Waals surface area contributed by atoms with Crippen molar-refractivity contribution in [1.29, 1.82) is 0 Å². The van der Waals surface area contributed by atoms with E-state index in [1.54, 1.807) is 4.31 Å². The van der Waals surface area contributed by atoms with E-state index >= 15 is 0 Å². The molecule has 0 aromatic heterocycles. The van der Waals surface area contributed by atoms with Gasteiger partial charge in [-0.25, -0.2) is 0 Å². The molecule has 106 valence electrons. The minimum atomic E-state index is -3.35. The Morgan fingerprint density at radius 1 is 1.06 bits per heavy atom. The zero-order valence-electron chi connectivity index (χ0n) is 11.4. The number of nitrogens with two attached hydrogens (primary N) is 1. The van der Waals surface area contributed by atoms with Crippen molar-refractivity contribution in [2.45, 2.75) is 45.7 Å². The fourth-order valence-corrected chi connectivity index (χ4v) is 4.65. The molecule has 0 radical (unpaired) electrons. The molecule has 2 aliphatic rings. The van der Waals surface area contributed by atoms with Crippen LogP contribution in [0.3, 0.4) is 0 Å². The molecular formula is C12H25N3O2S. The van der Waals surface area contributed by atoms with Crippen LogP contribution in [0.2, 0.25) is 0 Å². The molecule has 0 saturated carbocycles. The van der Waals surface area contributed by atoms with Gasteiger partial charge in [0.15, 0.2) is 0 Å². The Bertz CT molecular complexity index is 377. The molecule has 2 rings (SSSR count). The molecule has 6 heteroatoms. The first-order valence-corrected chi connectivity index (χ1v) is 8.35. The second kappa shape index (κ2) is 5.45. The Balaban J connectivity index is 2.10. The fourth-order valence-electron chi connectivity index (χ4n) is 2.81. The smallest absolute Gasteiger partial charge is 0.283 e. The molecule has 0 aromatic rings. The number of piperidine rings is 2. The highest BCUT2D eigenvalue weighted by Crippen LogP contribution is 2.27. The largest absolute Gasteiger partial charge is 0.315 e. The van der Waals surface area contributed by atoms with E-state index in [1.807, 2.05) is 6.92 Å². The van der Waals surface area contributed by atoms with E-state index in [2.05, 4.69) is 6.92 Å². The van der Waals surface area contributed by atoms with Crippen LogP contribution in [-0.4, -0.2) is 42.8 Å². The number of hydrogen-bond acceptors (Lipinski definition) is 3. The van der Waals surface area contributed by atoms with Crippen LogP contribution in [0.1, 0.15) is 39.5 Å². The van der Waals surface area contributed by atoms with Crippen LogP contribution in [0, 0.1) is 11.8 Å². The van der Waals surface area contributed by atoms with E-state index in [9.17, 15) is 8.42 Å². The average Bonchev–Trinajstić information content (AvgIpc) is 2.33. The second-order valence-electron chi connectivity index (χ2n) is 5.81. The molecule has 0 spiro atoms. The molecule has 2 atom stereocenters. The number of hydrogen-bond donors (Lipinski definition) is 1. The highest BCUT2D eigenvalue weighted by molar-refractivity contribution is 7.86. The summed E-state index contributed by atoms with van der Waals surface area (Å²) < 4.78 is 28.3. The summed E-state index contributed by atoms with van der Waals surface area (Å²) >= 11 is 0. The van der Waals surface area contributed by atoms with Gasteiger partial charge < -0.3 is 5.73 Å². The van der Waals surface area contributed by atoms with Gasteiger partial charge in [-0.1, -0.05) is 13.8 Å². The van der Waals surface area contributed by atoms with E-state index in [0.29, 0.717) is 25.6 Å². The Labute approximate surface area is 110 Å². The Morgan fingerprint density at radius 2 is 1.67 bits per heavy atom. The SMILES string of the molecule is CC1CCN(S(=O)(=O)N2CCCC(C)C2N)CC1. The molecule has 2 heterocycles. The lowest BCUT2D eigenvalue weighted by molar-refractivity contribution is 0.172. The van der Waals surface area contributed by atoms with Crippen LogP contribution in [0.5, 0.6) is 0 Å². The van der Waals surface area contributed by atoms with E-state index in [0.717, 1.165) is 25.7 Å². The van der Waals surface area contributed by atoms with Gasteiger partial charge in [-0.15, -0.1) is 0 Å². The lowest BCUT2D eigenvalue weighted by Crippen LogP contribution is -2.57. The maximum atomic E-state index is 12.6. The quantitative estimate of drug-likeness (QED) is 0.817. The molecule has 18 heavy (non-hydrogen) atoms. The molecule has 0 aliphatic carbocycles. The molecular weight excluding hydrogens is 250 g/mol. The summed E-state index contributed by atoms with van der Waals surface area (Å²) in [5.74, 6) is 0.877. The summed E-state index contributed by atoms with van der Waals surface area (Å²) in [6, 6.07) is 0. The molecule has 0 bridgehead atoms. The van der Waals surface area contributed by atoms with Crippen LogP contribution in [-0.2, 0) is 10.2 Å². The van der Waals surface area contributed by atoms with E-state index in [4.69, 9.17) is 5.73 Å². The number of nitrogens with zero attached hydrogens (tertiary/aromatic N) is 2. The summed E-state index contributed by atoms with van der Waals surface area (Å²) in [7, 11) is -3.35. The van der Waals surface area contributed by atoms with Crippen LogP contribution in [0.4, 0.5) is 0 Å². The first-order chi connectivity index (χ1) is 8.43. The lowest BCUT2D eigenvalue weighted by atomic mass is 9.99. The molecule has 0 aromatic carbocycles. The molecule has 5 nitrogen and oxygen atoms in total. The lowest BCUT2D eigenvalue weighted by Gasteiger charge is -2.40. The van der Waals surface area contributed by atoms with Gasteiger partial charge in [0.1, 0.15) is 0 Å². The van der Waals surface area contributed by atoms with Gasteiger partial charge in [-0.2, -0.15) is 17.0 Å². The fraction of sp³-hybridized carbons (Fsp3) is 1.00. The second-order valence-corrected chi connectivity index (χ2v) is 7.69. The van der Waals surface area contributed by atoms with Gasteiger partial charge in [0, 0.05) is 19.6 Å². The van der Waals surface area contributed by atoms with E-state index in [1.165, 1.54) is 4.31 Å². The number of rotatable bonds is 2. The van der Waals surface area contributed by atoms with Crippen molar-refractivity contribution in [3.63, 3.8) is 0 Å². The molecule has 2 fully saturated rings. The third-order valence-electron chi connectivity index (χ3n) is 4.32. The predicted octanol–water partition coefficient (Wildman–Crippen LogP) is 0.980. The molecule has 2 N–H and O–H groups in total. The zero-order valence-corrected chi connectivity index (χ0v) is 12.2. The average molecular weight is 275 g/mol. The molecule has 2 saturated heterocycles. The van der Waals surface area contributed by atoms with Gasteiger partial charge >= 0.3 is 0 Å². The summed E-state index contributed by atoms with van der Waals surface area (Å²) in [6.45, 7) is 6.06. The zero-order chi connectivity index (χ0) is 13.3. The molecule has 2 unspecified atom stereocenters. The first-order valence-electron chi connectivity index (χ1n) is 6.95. The maximum Gasteiger partial charge on any atom is 0.283 e. The molecule has 2 aliphatic heterocycles. The summed E-state index contributed by atoms with van der Waals surface area (Å²) in [5, 5.41) is 0. The van der Waals surface area contributed by atoms with Crippen LogP contribution < -0.4 is 5.73 Å². The van der Waals surface area contributed by atoms with Gasteiger partial charge in [0.2, 0.25) is 0 Å². The summed E-state index contributed by atoms with van der Waals surface area (Å²) in [6.07, 6.45) is 3.49. The van der Waals surface area contributed by atoms with Crippen molar-refractivity contribution in [1.82, 2.24) is 8.61 Å². The molecule has 0 amide bonds. The van der Waals surface area contributed by atoms with Crippen LogP contribution >= 0.6 is 0 Å². The minimum absolute atomic E-state index is 0.247. The maximum absolute atomic E-state index is 12.6. The van der Waals surface area contributed by atoms with Gasteiger partial charge in [0.05, 0.1) is 6.17 Å². The first kappa shape index (κ1) is 14.2. The summed E-state index contributed by atoms with van der Waals surface area (Å²) in [4.78, 5) is 0. The predicted molar refractivity (Wildman–Crippen MR) is 72.0 cm³/mol. The van der Waals surface area contributed by atoms with E-state index in [-0.39, 0.29) is 12.1 Å². The van der Waals surface area contributed by atoms with Crippen molar-refractivity contribution < 1.29 is 8.42 Å². The monoisotopic (exact) mass is 275 g/mol. The van der Waals surface area contributed by atoms with Crippen LogP contribution in [0.25, 0.3) is 0 Å². The Hall–Kier alpha value is -0.170. The van der Waals surface area contributed by atoms with Crippen molar-refractivity contribution >= 4 is 10.2 Å². The van der Waals surface area contributed by atoms with Gasteiger partial charge in [-0.05, 0) is 37.5 Å². The van der Waals surface area contributed by atoms with Crippen molar-refractivity contribution in [3.05, 3.63) is 0 Å². The highest BCUT2D eigenvalue weighted by Gasteiger charge is 2.38. The highest BCUT2D eigenvalue weighted by atomic mass is 32.2. The summed E-state index contributed by atoms with van der Waals surface area (Å²) in [5.41, 5.74) is 6.06. The van der Waals surface area contributed by atoms with Crippen molar-refractivity contribution in [3.8, 4) is 0 Å². The topological polar surface area (TPSA) is 66.6 Å². The van der Waals surface area contributed by atoms with Crippen molar-refractivity contribution in [2.24, 2.45) is 17.6 Å². The van der Waals surface area contributed by atoms with Crippen LogP contribution in [0.15, 0.2) is 0 Å².